The minimum absolute atomic E-state index is 0.375. The predicted molar refractivity (Wildman–Crippen MR) is 118 cm³/mol. The maximum atomic E-state index is 7.56. The highest BCUT2D eigenvalue weighted by Gasteiger charge is 2.09. The normalized spacial score (nSPS) is 13.1. The van der Waals surface area contributed by atoms with Crippen molar-refractivity contribution in [2.24, 2.45) is 17.4 Å². The van der Waals surface area contributed by atoms with Crippen molar-refractivity contribution in [3.05, 3.63) is 59.8 Å². The second kappa shape index (κ2) is 10.1. The van der Waals surface area contributed by atoms with Gasteiger partial charge in [0, 0.05) is 36.8 Å². The lowest BCUT2D eigenvalue weighted by Crippen LogP contribution is -2.13. The molecular formula is C21H29N7. The second-order valence-corrected chi connectivity index (χ2v) is 6.40. The summed E-state index contributed by atoms with van der Waals surface area (Å²) in [5, 5.41) is 13.6. The number of nitrogens with two attached hydrogens (primary N) is 2. The van der Waals surface area contributed by atoms with Crippen LogP contribution in [0, 0.1) is 11.3 Å². The van der Waals surface area contributed by atoms with Gasteiger partial charge in [-0.3, -0.25) is 4.98 Å². The summed E-state index contributed by atoms with van der Waals surface area (Å²) < 4.78 is 0. The Bertz CT molecular complexity index is 908. The van der Waals surface area contributed by atoms with Crippen LogP contribution in [0.15, 0.2) is 54.3 Å². The number of pyridine rings is 2. The van der Waals surface area contributed by atoms with E-state index in [-0.39, 0.29) is 0 Å². The van der Waals surface area contributed by atoms with E-state index in [0.29, 0.717) is 23.1 Å². The quantitative estimate of drug-likeness (QED) is 0.336. The maximum absolute atomic E-state index is 7.56. The van der Waals surface area contributed by atoms with Gasteiger partial charge in [0.25, 0.3) is 0 Å². The molecule has 2 aromatic heterocycles. The summed E-state index contributed by atoms with van der Waals surface area (Å²) in [6.45, 7) is 4.27. The van der Waals surface area contributed by atoms with Crippen molar-refractivity contribution in [2.75, 3.05) is 12.4 Å². The standard InChI is InChI=1S/C21H29N7/c1-4-14(5-2)15(10-22)9-20(24)28-21-7-6-18-19(27-21)8-16(13-26-18)17(11-23)12-25-3/h6-14,23,25H,4-5,22,24H2,1-3H3,(H,27,28)/b15-10+,17-12+,20-9+,23-11?. The van der Waals surface area contributed by atoms with Gasteiger partial charge in [-0.05, 0) is 54.8 Å². The van der Waals surface area contributed by atoms with E-state index < -0.39 is 0 Å². The number of fused-ring (bicyclic) bond motifs is 1. The van der Waals surface area contributed by atoms with Crippen LogP contribution < -0.4 is 22.1 Å². The third-order valence-corrected chi connectivity index (χ3v) is 4.57. The average Bonchev–Trinajstić information content (AvgIpc) is 2.71. The first kappa shape index (κ1) is 21.0. The van der Waals surface area contributed by atoms with Gasteiger partial charge in [-0.1, -0.05) is 13.8 Å². The lowest BCUT2D eigenvalue weighted by atomic mass is 9.94. The molecule has 2 heterocycles. The Hall–Kier alpha value is -3.35. The molecule has 7 heteroatoms. The Morgan fingerprint density at radius 3 is 2.61 bits per heavy atom. The fourth-order valence-electron chi connectivity index (χ4n) is 3.02. The Kier molecular flexibility index (Phi) is 7.56. The van der Waals surface area contributed by atoms with Crippen molar-refractivity contribution < 1.29 is 0 Å². The van der Waals surface area contributed by atoms with Crippen LogP contribution >= 0.6 is 0 Å². The molecule has 2 aromatic rings. The maximum Gasteiger partial charge on any atom is 0.132 e. The third kappa shape index (κ3) is 5.09. The predicted octanol–water partition coefficient (Wildman–Crippen LogP) is 3.33. The molecule has 0 unspecified atom stereocenters. The molecule has 0 bridgehead atoms. The number of nitrogens with one attached hydrogen (secondary N) is 3. The van der Waals surface area contributed by atoms with E-state index in [2.05, 4.69) is 34.4 Å². The fraction of sp³-hybridized carbons (Fsp3) is 0.286. The third-order valence-electron chi connectivity index (χ3n) is 4.57. The zero-order valence-electron chi connectivity index (χ0n) is 16.7. The molecule has 0 saturated carbocycles. The van der Waals surface area contributed by atoms with Gasteiger partial charge in [-0.25, -0.2) is 4.98 Å². The van der Waals surface area contributed by atoms with Crippen molar-refractivity contribution >= 4 is 28.6 Å². The van der Waals surface area contributed by atoms with Crippen LogP contribution in [-0.4, -0.2) is 23.2 Å². The Labute approximate surface area is 166 Å². The summed E-state index contributed by atoms with van der Waals surface area (Å²) >= 11 is 0. The lowest BCUT2D eigenvalue weighted by molar-refractivity contribution is 0.581. The molecule has 0 amide bonds. The number of rotatable bonds is 9. The monoisotopic (exact) mass is 379 g/mol. The molecule has 0 aromatic carbocycles. The first-order valence-electron chi connectivity index (χ1n) is 9.37. The Morgan fingerprint density at radius 2 is 2.00 bits per heavy atom. The van der Waals surface area contributed by atoms with Crippen LogP contribution in [0.2, 0.25) is 0 Å². The molecular weight excluding hydrogens is 350 g/mol. The van der Waals surface area contributed by atoms with Crippen molar-refractivity contribution in [3.8, 4) is 0 Å². The summed E-state index contributed by atoms with van der Waals surface area (Å²) in [4.78, 5) is 9.03. The van der Waals surface area contributed by atoms with Gasteiger partial charge < -0.3 is 27.5 Å². The highest BCUT2D eigenvalue weighted by Crippen LogP contribution is 2.21. The van der Waals surface area contributed by atoms with Gasteiger partial charge >= 0.3 is 0 Å². The van der Waals surface area contributed by atoms with Crippen molar-refractivity contribution in [1.29, 1.82) is 5.41 Å². The molecule has 0 saturated heterocycles. The van der Waals surface area contributed by atoms with E-state index in [0.717, 1.165) is 35.1 Å². The number of nitrogens with zero attached hydrogens (tertiary/aromatic N) is 2. The smallest absolute Gasteiger partial charge is 0.132 e. The highest BCUT2D eigenvalue weighted by atomic mass is 15.1. The summed E-state index contributed by atoms with van der Waals surface area (Å²) in [5.74, 6) is 1.48. The van der Waals surface area contributed by atoms with Crippen LogP contribution in [0.4, 0.5) is 5.82 Å². The van der Waals surface area contributed by atoms with E-state index in [1.165, 1.54) is 6.21 Å². The fourth-order valence-corrected chi connectivity index (χ4v) is 3.02. The first-order chi connectivity index (χ1) is 13.6. The zero-order valence-corrected chi connectivity index (χ0v) is 16.7. The summed E-state index contributed by atoms with van der Waals surface area (Å²) in [6, 6.07) is 5.62. The number of anilines is 1. The van der Waals surface area contributed by atoms with Gasteiger partial charge in [-0.2, -0.15) is 0 Å². The van der Waals surface area contributed by atoms with E-state index >= 15 is 0 Å². The number of aromatic nitrogens is 2. The van der Waals surface area contributed by atoms with E-state index in [1.807, 2.05) is 24.3 Å². The van der Waals surface area contributed by atoms with Gasteiger partial charge in [0.2, 0.25) is 0 Å². The SMILES string of the molecule is CCC(CC)C(=C/N)/C=C(\N)Nc1ccc2ncc(/C(C=N)=C/NC)cc2n1. The van der Waals surface area contributed by atoms with E-state index in [9.17, 15) is 0 Å². The van der Waals surface area contributed by atoms with Crippen molar-refractivity contribution in [1.82, 2.24) is 15.3 Å². The Morgan fingerprint density at radius 1 is 1.25 bits per heavy atom. The van der Waals surface area contributed by atoms with Crippen LogP contribution in [0.1, 0.15) is 32.3 Å². The van der Waals surface area contributed by atoms with Crippen LogP contribution in [0.5, 0.6) is 0 Å². The molecule has 2 rings (SSSR count). The largest absolute Gasteiger partial charge is 0.404 e. The minimum atomic E-state index is 0.375. The second-order valence-electron chi connectivity index (χ2n) is 6.40. The summed E-state index contributed by atoms with van der Waals surface area (Å²) in [6.07, 6.45) is 10.2. The average molecular weight is 380 g/mol. The molecule has 7 nitrogen and oxygen atoms in total. The minimum Gasteiger partial charge on any atom is -0.404 e. The van der Waals surface area contributed by atoms with Crippen LogP contribution in [0.3, 0.4) is 0 Å². The van der Waals surface area contributed by atoms with Crippen LogP contribution in [-0.2, 0) is 0 Å². The molecule has 0 atom stereocenters. The first-order valence-corrected chi connectivity index (χ1v) is 9.37. The number of hydrogen-bond acceptors (Lipinski definition) is 7. The summed E-state index contributed by atoms with van der Waals surface area (Å²) in [5.41, 5.74) is 16.0. The Balaban J connectivity index is 2.31. The van der Waals surface area contributed by atoms with Gasteiger partial charge in [0.1, 0.15) is 11.6 Å². The molecule has 0 aliphatic rings. The molecule has 0 aliphatic carbocycles. The molecule has 0 radical (unpaired) electrons. The molecule has 0 spiro atoms. The number of hydrogen-bond donors (Lipinski definition) is 5. The molecule has 0 aliphatic heterocycles. The van der Waals surface area contributed by atoms with Gasteiger partial charge in [0.05, 0.1) is 11.0 Å². The van der Waals surface area contributed by atoms with Crippen molar-refractivity contribution in [2.45, 2.75) is 26.7 Å². The molecule has 0 fully saturated rings. The topological polar surface area (TPSA) is 126 Å². The number of allylic oxidation sites excluding steroid dienone is 3. The lowest BCUT2D eigenvalue weighted by Gasteiger charge is -2.15. The van der Waals surface area contributed by atoms with E-state index in [1.54, 1.807) is 25.6 Å². The van der Waals surface area contributed by atoms with Gasteiger partial charge in [-0.15, -0.1) is 0 Å². The molecule has 7 N–H and O–H groups in total. The van der Waals surface area contributed by atoms with Gasteiger partial charge in [0.15, 0.2) is 0 Å². The van der Waals surface area contributed by atoms with E-state index in [4.69, 9.17) is 16.9 Å². The van der Waals surface area contributed by atoms with Crippen LogP contribution in [0.25, 0.3) is 16.6 Å². The van der Waals surface area contributed by atoms with Crippen molar-refractivity contribution in [3.63, 3.8) is 0 Å². The highest BCUT2D eigenvalue weighted by molar-refractivity contribution is 6.08. The molecule has 148 valence electrons. The summed E-state index contributed by atoms with van der Waals surface area (Å²) in [7, 11) is 1.79. The molecule has 28 heavy (non-hydrogen) atoms. The zero-order chi connectivity index (χ0) is 20.5.